The number of carbonyl (C=O) groups is 1. The number of nitrogens with zero attached hydrogens (tertiary/aromatic N) is 5. The summed E-state index contributed by atoms with van der Waals surface area (Å²) in [7, 11) is 2.07. The molecular weight excluding hydrogens is 416 g/mol. The molecule has 8 nitrogen and oxygen atoms in total. The molecule has 1 amide bonds. The van der Waals surface area contributed by atoms with Crippen LogP contribution in [-0.2, 0) is 4.79 Å². The van der Waals surface area contributed by atoms with Crippen LogP contribution in [0.2, 0.25) is 0 Å². The second-order valence-corrected chi connectivity index (χ2v) is 9.07. The van der Waals surface area contributed by atoms with E-state index in [1.54, 1.807) is 4.90 Å². The molecule has 2 aliphatic heterocycles. The Bertz CT molecular complexity index is 963. The standard InChI is InChI=1S/C19H22N4O.C6H12N2O/c1-12-16(23-17-18(20)21-11-22-19(17)24-12)15-9-7-14(8-10-15)13-5-3-2-4-6-13;1-7-2-4-8(6-9)5-3-7/h7-13H,2-6H2,1H3,(H2,20,21,22);6H,2-5H2,1H3. The lowest BCUT2D eigenvalue weighted by atomic mass is 9.83. The van der Waals surface area contributed by atoms with Crippen molar-refractivity contribution in [2.24, 2.45) is 4.99 Å². The summed E-state index contributed by atoms with van der Waals surface area (Å²) in [5.74, 6) is 1.51. The van der Waals surface area contributed by atoms with Crippen molar-refractivity contribution in [3.05, 3.63) is 41.7 Å². The van der Waals surface area contributed by atoms with Gasteiger partial charge in [-0.3, -0.25) is 4.79 Å². The Morgan fingerprint density at radius 2 is 1.73 bits per heavy atom. The minimum Gasteiger partial charge on any atom is -0.466 e. The number of aliphatic imine (C=N–C) groups is 1. The Hall–Kier alpha value is -3.00. The van der Waals surface area contributed by atoms with Crippen LogP contribution in [0.25, 0.3) is 0 Å². The predicted molar refractivity (Wildman–Crippen MR) is 130 cm³/mol. The van der Waals surface area contributed by atoms with Gasteiger partial charge in [-0.05, 0) is 43.9 Å². The SMILES string of the molecule is CC1Oc2ncnc(N)c2N=C1c1ccc(C2CCCCC2)cc1.CN1CCN(C=O)CC1. The zero-order valence-electron chi connectivity index (χ0n) is 19.6. The van der Waals surface area contributed by atoms with E-state index in [1.807, 2.05) is 6.92 Å². The fourth-order valence-electron chi connectivity index (χ4n) is 4.59. The summed E-state index contributed by atoms with van der Waals surface area (Å²) in [6, 6.07) is 8.77. The first-order chi connectivity index (χ1) is 16.0. The van der Waals surface area contributed by atoms with Crippen molar-refractivity contribution in [2.75, 3.05) is 39.0 Å². The van der Waals surface area contributed by atoms with E-state index in [4.69, 9.17) is 10.5 Å². The molecule has 1 atom stereocenters. The maximum Gasteiger partial charge on any atom is 0.246 e. The van der Waals surface area contributed by atoms with Crippen LogP contribution in [0.3, 0.4) is 0 Å². The van der Waals surface area contributed by atoms with Gasteiger partial charge >= 0.3 is 0 Å². The lowest BCUT2D eigenvalue weighted by Crippen LogP contribution is -2.43. The molecule has 5 rings (SSSR count). The van der Waals surface area contributed by atoms with Crippen molar-refractivity contribution in [1.82, 2.24) is 19.8 Å². The number of nitrogen functional groups attached to an aromatic ring is 1. The van der Waals surface area contributed by atoms with Gasteiger partial charge in [0, 0.05) is 26.2 Å². The minimum absolute atomic E-state index is 0.160. The van der Waals surface area contributed by atoms with Crippen LogP contribution < -0.4 is 10.5 Å². The number of benzene rings is 1. The fraction of sp³-hybridized carbons (Fsp3) is 0.520. The quantitative estimate of drug-likeness (QED) is 0.720. The highest BCUT2D eigenvalue weighted by molar-refractivity contribution is 6.06. The number of rotatable bonds is 3. The Balaban J connectivity index is 0.000000243. The summed E-state index contributed by atoms with van der Waals surface area (Å²) in [6.45, 7) is 5.78. The first kappa shape index (κ1) is 23.2. The van der Waals surface area contributed by atoms with Gasteiger partial charge in [-0.1, -0.05) is 43.5 Å². The van der Waals surface area contributed by atoms with Gasteiger partial charge in [0.1, 0.15) is 12.4 Å². The monoisotopic (exact) mass is 450 g/mol. The van der Waals surface area contributed by atoms with E-state index in [0.717, 1.165) is 43.9 Å². The molecule has 1 unspecified atom stereocenters. The molecule has 3 aliphatic rings. The van der Waals surface area contributed by atoms with Crippen molar-refractivity contribution in [3.63, 3.8) is 0 Å². The molecule has 1 aromatic heterocycles. The average Bonchev–Trinajstić information content (AvgIpc) is 2.85. The second-order valence-electron chi connectivity index (χ2n) is 9.07. The smallest absolute Gasteiger partial charge is 0.246 e. The molecule has 2 aromatic rings. The number of hydrogen-bond acceptors (Lipinski definition) is 7. The third kappa shape index (κ3) is 5.68. The summed E-state index contributed by atoms with van der Waals surface area (Å²) in [5, 5.41) is 0. The van der Waals surface area contributed by atoms with E-state index >= 15 is 0 Å². The van der Waals surface area contributed by atoms with Gasteiger partial charge in [0.05, 0.1) is 5.71 Å². The molecule has 1 saturated heterocycles. The number of ether oxygens (including phenoxy) is 1. The van der Waals surface area contributed by atoms with Crippen LogP contribution in [0.5, 0.6) is 5.88 Å². The third-order valence-corrected chi connectivity index (χ3v) is 6.69. The normalized spacial score (nSPS) is 21.2. The Labute approximate surface area is 195 Å². The van der Waals surface area contributed by atoms with E-state index in [1.165, 1.54) is 44.0 Å². The Morgan fingerprint density at radius 3 is 2.39 bits per heavy atom. The van der Waals surface area contributed by atoms with E-state index < -0.39 is 0 Å². The Morgan fingerprint density at radius 1 is 1.03 bits per heavy atom. The summed E-state index contributed by atoms with van der Waals surface area (Å²) in [5.41, 5.74) is 9.82. The number of carbonyl (C=O) groups excluding carboxylic acids is 1. The highest BCUT2D eigenvalue weighted by Gasteiger charge is 2.25. The molecule has 0 bridgehead atoms. The van der Waals surface area contributed by atoms with Gasteiger partial charge < -0.3 is 20.3 Å². The van der Waals surface area contributed by atoms with Crippen molar-refractivity contribution in [3.8, 4) is 5.88 Å². The first-order valence-corrected chi connectivity index (χ1v) is 11.9. The molecule has 33 heavy (non-hydrogen) atoms. The number of amides is 1. The number of hydrogen-bond donors (Lipinski definition) is 1. The van der Waals surface area contributed by atoms with Gasteiger partial charge in [-0.25, -0.2) is 9.98 Å². The molecular formula is C25H34N6O2. The van der Waals surface area contributed by atoms with E-state index in [9.17, 15) is 4.79 Å². The lowest BCUT2D eigenvalue weighted by molar-refractivity contribution is -0.119. The summed E-state index contributed by atoms with van der Waals surface area (Å²) >= 11 is 0. The van der Waals surface area contributed by atoms with Crippen molar-refractivity contribution >= 4 is 23.6 Å². The second kappa shape index (κ2) is 10.7. The molecule has 1 aromatic carbocycles. The number of anilines is 1. The number of aromatic nitrogens is 2. The minimum atomic E-state index is -0.160. The molecule has 0 radical (unpaired) electrons. The number of fused-ring (bicyclic) bond motifs is 1. The van der Waals surface area contributed by atoms with Gasteiger partial charge in [0.25, 0.3) is 0 Å². The van der Waals surface area contributed by atoms with Crippen molar-refractivity contribution < 1.29 is 9.53 Å². The molecule has 1 aliphatic carbocycles. The lowest BCUT2D eigenvalue weighted by Gasteiger charge is -2.29. The fourth-order valence-corrected chi connectivity index (χ4v) is 4.59. The maximum absolute atomic E-state index is 10.2. The third-order valence-electron chi connectivity index (χ3n) is 6.69. The molecule has 2 fully saturated rings. The van der Waals surface area contributed by atoms with Crippen LogP contribution in [0.4, 0.5) is 11.5 Å². The van der Waals surface area contributed by atoms with Gasteiger partial charge in [0.2, 0.25) is 12.3 Å². The van der Waals surface area contributed by atoms with Crippen LogP contribution in [-0.4, -0.2) is 71.2 Å². The van der Waals surface area contributed by atoms with Crippen LogP contribution in [0, 0.1) is 0 Å². The molecule has 2 N–H and O–H groups in total. The molecule has 0 spiro atoms. The summed E-state index contributed by atoms with van der Waals surface area (Å²) in [6.07, 6.45) is 8.85. The highest BCUT2D eigenvalue weighted by Crippen LogP contribution is 2.36. The van der Waals surface area contributed by atoms with Crippen molar-refractivity contribution in [1.29, 1.82) is 0 Å². The number of nitrogens with two attached hydrogens (primary N) is 1. The topological polar surface area (TPSA) is 96.9 Å². The highest BCUT2D eigenvalue weighted by atomic mass is 16.5. The van der Waals surface area contributed by atoms with Crippen LogP contribution in [0.1, 0.15) is 56.1 Å². The number of piperazine rings is 1. The average molecular weight is 451 g/mol. The number of likely N-dealkylation sites (N-methyl/N-ethyl adjacent to an activating group) is 1. The molecule has 176 valence electrons. The Kier molecular flexibility index (Phi) is 7.54. The maximum atomic E-state index is 10.2. The zero-order chi connectivity index (χ0) is 23.2. The van der Waals surface area contributed by atoms with Gasteiger partial charge in [0.15, 0.2) is 11.5 Å². The predicted octanol–water partition coefficient (Wildman–Crippen LogP) is 3.40. The van der Waals surface area contributed by atoms with E-state index in [0.29, 0.717) is 23.3 Å². The zero-order valence-corrected chi connectivity index (χ0v) is 19.6. The van der Waals surface area contributed by atoms with Gasteiger partial charge in [-0.2, -0.15) is 4.98 Å². The molecule has 3 heterocycles. The first-order valence-electron chi connectivity index (χ1n) is 11.9. The summed E-state index contributed by atoms with van der Waals surface area (Å²) < 4.78 is 5.86. The van der Waals surface area contributed by atoms with E-state index in [2.05, 4.69) is 51.2 Å². The van der Waals surface area contributed by atoms with E-state index in [-0.39, 0.29) is 6.10 Å². The van der Waals surface area contributed by atoms with Crippen molar-refractivity contribution in [2.45, 2.75) is 51.0 Å². The molecule has 1 saturated carbocycles. The largest absolute Gasteiger partial charge is 0.466 e. The van der Waals surface area contributed by atoms with Crippen LogP contribution >= 0.6 is 0 Å². The molecule has 8 heteroatoms. The van der Waals surface area contributed by atoms with Gasteiger partial charge in [-0.15, -0.1) is 0 Å². The summed E-state index contributed by atoms with van der Waals surface area (Å²) in [4.78, 5) is 27.0. The van der Waals surface area contributed by atoms with Crippen LogP contribution in [0.15, 0.2) is 35.6 Å².